The molecule has 1 amide bonds. The molecule has 11 heteroatoms. The topological polar surface area (TPSA) is 128 Å². The van der Waals surface area contributed by atoms with Gasteiger partial charge in [-0.05, 0) is 31.5 Å². The van der Waals surface area contributed by atoms with Crippen molar-refractivity contribution in [2.24, 2.45) is 0 Å². The van der Waals surface area contributed by atoms with Gasteiger partial charge in [-0.25, -0.2) is 13.2 Å². The Hall–Kier alpha value is -2.76. The highest BCUT2D eigenvalue weighted by Gasteiger charge is 2.26. The van der Waals surface area contributed by atoms with E-state index in [2.05, 4.69) is 10.5 Å². The lowest BCUT2D eigenvalue weighted by Gasteiger charge is -2.26. The molecule has 1 aromatic carbocycles. The number of ether oxygens (including phenoxy) is 2. The van der Waals surface area contributed by atoms with Crippen LogP contribution in [0.1, 0.15) is 28.7 Å². The van der Waals surface area contributed by atoms with E-state index in [1.807, 2.05) is 6.92 Å². The van der Waals surface area contributed by atoms with Gasteiger partial charge < -0.3 is 19.3 Å². The Morgan fingerprint density at radius 2 is 2.00 bits per heavy atom. The lowest BCUT2D eigenvalue weighted by molar-refractivity contribution is -0.119. The summed E-state index contributed by atoms with van der Waals surface area (Å²) in [5, 5.41) is 6.31. The summed E-state index contributed by atoms with van der Waals surface area (Å²) in [5.74, 6) is -0.987. The molecule has 1 aliphatic rings. The number of aryl methyl sites for hydroxylation is 2. The van der Waals surface area contributed by atoms with Crippen LogP contribution in [0.15, 0.2) is 33.7 Å². The molecule has 0 atom stereocenters. The van der Waals surface area contributed by atoms with Crippen molar-refractivity contribution >= 4 is 27.6 Å². The van der Waals surface area contributed by atoms with Crippen LogP contribution in [0.2, 0.25) is 0 Å². The molecule has 2 aromatic rings. The van der Waals surface area contributed by atoms with Gasteiger partial charge in [-0.2, -0.15) is 4.31 Å². The van der Waals surface area contributed by atoms with Gasteiger partial charge in [-0.3, -0.25) is 4.79 Å². The van der Waals surface area contributed by atoms with Crippen LogP contribution in [0.25, 0.3) is 0 Å². The van der Waals surface area contributed by atoms with Crippen molar-refractivity contribution in [3.8, 4) is 0 Å². The molecule has 162 valence electrons. The summed E-state index contributed by atoms with van der Waals surface area (Å²) >= 11 is 0. The maximum atomic E-state index is 12.7. The van der Waals surface area contributed by atoms with Gasteiger partial charge in [0.15, 0.2) is 6.61 Å². The van der Waals surface area contributed by atoms with E-state index in [4.69, 9.17) is 14.0 Å². The quantitative estimate of drug-likeness (QED) is 0.643. The molecule has 0 aliphatic carbocycles. The van der Waals surface area contributed by atoms with Gasteiger partial charge in [0, 0.05) is 18.8 Å². The van der Waals surface area contributed by atoms with Crippen molar-refractivity contribution in [3.05, 3.63) is 41.3 Å². The predicted octanol–water partition coefficient (Wildman–Crippen LogP) is 1.36. The zero-order chi connectivity index (χ0) is 21.7. The minimum absolute atomic E-state index is 0.0619. The van der Waals surface area contributed by atoms with Crippen molar-refractivity contribution < 1.29 is 32.0 Å². The number of hydrogen-bond donors (Lipinski definition) is 1. The number of carbonyl (C=O) groups excluding carboxylic acids is 2. The number of sulfonamides is 1. The van der Waals surface area contributed by atoms with Crippen LogP contribution >= 0.6 is 0 Å². The molecule has 1 aliphatic heterocycles. The van der Waals surface area contributed by atoms with E-state index < -0.39 is 28.5 Å². The number of morpholine rings is 1. The van der Waals surface area contributed by atoms with Crippen LogP contribution in [0.4, 0.5) is 5.69 Å². The Morgan fingerprint density at radius 1 is 1.27 bits per heavy atom. The Kier molecular flexibility index (Phi) is 6.85. The number of hydrogen-bond acceptors (Lipinski definition) is 8. The van der Waals surface area contributed by atoms with E-state index in [1.54, 1.807) is 13.0 Å². The van der Waals surface area contributed by atoms with E-state index in [1.165, 1.54) is 22.5 Å². The molecular weight excluding hydrogens is 414 g/mol. The molecule has 0 bridgehead atoms. The number of rotatable bonds is 7. The van der Waals surface area contributed by atoms with E-state index in [9.17, 15) is 18.0 Å². The zero-order valence-corrected chi connectivity index (χ0v) is 17.5. The number of nitrogens with one attached hydrogen (secondary N) is 1. The second-order valence-corrected chi connectivity index (χ2v) is 8.52. The van der Waals surface area contributed by atoms with Gasteiger partial charge in [0.05, 0.1) is 23.8 Å². The number of amides is 1. The van der Waals surface area contributed by atoms with Crippen molar-refractivity contribution in [2.75, 3.05) is 38.2 Å². The molecule has 10 nitrogen and oxygen atoms in total. The molecule has 1 N–H and O–H groups in total. The maximum absolute atomic E-state index is 12.7. The maximum Gasteiger partial charge on any atom is 0.344 e. The minimum atomic E-state index is -3.69. The summed E-state index contributed by atoms with van der Waals surface area (Å²) in [6, 6.07) is 5.91. The Morgan fingerprint density at radius 3 is 2.70 bits per heavy atom. The van der Waals surface area contributed by atoms with Gasteiger partial charge in [0.1, 0.15) is 11.3 Å². The van der Waals surface area contributed by atoms with E-state index >= 15 is 0 Å². The number of benzene rings is 1. The smallest absolute Gasteiger partial charge is 0.344 e. The third-order valence-electron chi connectivity index (χ3n) is 4.53. The first-order chi connectivity index (χ1) is 14.3. The molecule has 0 saturated carbocycles. The summed E-state index contributed by atoms with van der Waals surface area (Å²) < 4.78 is 42.0. The molecule has 3 rings (SSSR count). The lowest BCUT2D eigenvalue weighted by Crippen LogP contribution is -2.40. The average molecular weight is 437 g/mol. The number of nitrogens with zero attached hydrogens (tertiary/aromatic N) is 2. The van der Waals surface area contributed by atoms with Crippen LogP contribution in [-0.2, 0) is 30.7 Å². The molecule has 30 heavy (non-hydrogen) atoms. The normalized spacial score (nSPS) is 15.0. The molecule has 0 radical (unpaired) electrons. The SMILES string of the molecule is CCc1noc(C)c1C(=O)OCC(=O)Nc1cccc(S(=O)(=O)N2CCOCC2)c1. The highest BCUT2D eigenvalue weighted by atomic mass is 32.2. The summed E-state index contributed by atoms with van der Waals surface area (Å²) in [6.45, 7) is 4.10. The van der Waals surface area contributed by atoms with Crippen LogP contribution in [-0.4, -0.2) is 62.7 Å². The average Bonchev–Trinajstić information content (AvgIpc) is 3.13. The van der Waals surface area contributed by atoms with Gasteiger partial charge in [0.2, 0.25) is 10.0 Å². The van der Waals surface area contributed by atoms with Crippen LogP contribution in [0, 0.1) is 6.92 Å². The Bertz CT molecular complexity index is 1030. The van der Waals surface area contributed by atoms with Crippen molar-refractivity contribution in [2.45, 2.75) is 25.2 Å². The summed E-state index contributed by atoms with van der Waals surface area (Å²) in [7, 11) is -3.69. The Labute approximate surface area is 174 Å². The molecule has 1 saturated heterocycles. The first-order valence-electron chi connectivity index (χ1n) is 9.43. The van der Waals surface area contributed by atoms with E-state index in [0.29, 0.717) is 31.1 Å². The first kappa shape index (κ1) is 21.9. The van der Waals surface area contributed by atoms with Gasteiger partial charge in [0.25, 0.3) is 5.91 Å². The van der Waals surface area contributed by atoms with Gasteiger partial charge in [-0.15, -0.1) is 0 Å². The zero-order valence-electron chi connectivity index (χ0n) is 16.7. The minimum Gasteiger partial charge on any atom is -0.452 e. The third-order valence-corrected chi connectivity index (χ3v) is 6.43. The lowest BCUT2D eigenvalue weighted by atomic mass is 10.1. The van der Waals surface area contributed by atoms with E-state index in [-0.39, 0.29) is 29.2 Å². The first-order valence-corrected chi connectivity index (χ1v) is 10.9. The summed E-state index contributed by atoms with van der Waals surface area (Å²) in [5.41, 5.74) is 0.948. The van der Waals surface area contributed by atoms with Crippen molar-refractivity contribution in [1.29, 1.82) is 0 Å². The predicted molar refractivity (Wildman–Crippen MR) is 106 cm³/mol. The fourth-order valence-corrected chi connectivity index (χ4v) is 4.45. The highest BCUT2D eigenvalue weighted by molar-refractivity contribution is 7.89. The van der Waals surface area contributed by atoms with E-state index in [0.717, 1.165) is 0 Å². The summed E-state index contributed by atoms with van der Waals surface area (Å²) in [6.07, 6.45) is 0.485. The summed E-state index contributed by atoms with van der Waals surface area (Å²) in [4.78, 5) is 24.5. The number of anilines is 1. The van der Waals surface area contributed by atoms with Gasteiger partial charge in [-0.1, -0.05) is 18.1 Å². The molecule has 0 spiro atoms. The molecule has 1 aromatic heterocycles. The Balaban J connectivity index is 1.62. The largest absolute Gasteiger partial charge is 0.452 e. The second-order valence-electron chi connectivity index (χ2n) is 6.58. The number of carbonyl (C=O) groups is 2. The number of esters is 1. The second kappa shape index (κ2) is 9.37. The fraction of sp³-hybridized carbons (Fsp3) is 0.421. The molecule has 0 unspecified atom stereocenters. The highest BCUT2D eigenvalue weighted by Crippen LogP contribution is 2.21. The van der Waals surface area contributed by atoms with Crippen LogP contribution in [0.5, 0.6) is 0 Å². The number of aromatic nitrogens is 1. The van der Waals surface area contributed by atoms with Crippen molar-refractivity contribution in [3.63, 3.8) is 0 Å². The molecule has 2 heterocycles. The van der Waals surface area contributed by atoms with Crippen LogP contribution < -0.4 is 5.32 Å². The standard InChI is InChI=1S/C19H23N3O7S/c1-3-16-18(13(2)29-21-16)19(24)28-12-17(23)20-14-5-4-6-15(11-14)30(25,26)22-7-9-27-10-8-22/h4-6,11H,3,7-10,12H2,1-2H3,(H,20,23). The molecule has 1 fully saturated rings. The third kappa shape index (κ3) is 4.86. The van der Waals surface area contributed by atoms with Crippen LogP contribution in [0.3, 0.4) is 0 Å². The van der Waals surface area contributed by atoms with Crippen molar-refractivity contribution in [1.82, 2.24) is 9.46 Å². The molecular formula is C19H23N3O7S. The van der Waals surface area contributed by atoms with Gasteiger partial charge >= 0.3 is 5.97 Å². The fourth-order valence-electron chi connectivity index (χ4n) is 2.99. The monoisotopic (exact) mass is 437 g/mol.